The average Bonchev–Trinajstić information content (AvgIpc) is 3.11. The summed E-state index contributed by atoms with van der Waals surface area (Å²) in [6.07, 6.45) is 6.64. The second kappa shape index (κ2) is 5.36. The van der Waals surface area contributed by atoms with Gasteiger partial charge in [0.2, 0.25) is 0 Å². The van der Waals surface area contributed by atoms with Crippen LogP contribution in [-0.4, -0.2) is 52.9 Å². The minimum atomic E-state index is 0.116. The molecular formula is C13H19N3OS. The van der Waals surface area contributed by atoms with Crippen molar-refractivity contribution in [3.63, 3.8) is 0 Å². The van der Waals surface area contributed by atoms with Crippen molar-refractivity contribution in [3.8, 4) is 0 Å². The van der Waals surface area contributed by atoms with Gasteiger partial charge in [0.1, 0.15) is 0 Å². The molecule has 0 radical (unpaired) electrons. The first-order valence-corrected chi connectivity index (χ1v) is 7.65. The van der Waals surface area contributed by atoms with Gasteiger partial charge in [0.25, 0.3) is 5.91 Å². The van der Waals surface area contributed by atoms with Crippen molar-refractivity contribution in [3.05, 3.63) is 16.6 Å². The van der Waals surface area contributed by atoms with Gasteiger partial charge in [-0.2, -0.15) is 0 Å². The number of thiazole rings is 1. The highest BCUT2D eigenvalue weighted by atomic mass is 32.1. The van der Waals surface area contributed by atoms with Crippen LogP contribution in [0.15, 0.2) is 11.6 Å². The molecule has 1 aromatic rings. The maximum atomic E-state index is 12.1. The lowest BCUT2D eigenvalue weighted by atomic mass is 10.0. The molecule has 2 fully saturated rings. The predicted molar refractivity (Wildman–Crippen MR) is 71.8 cm³/mol. The van der Waals surface area contributed by atoms with Gasteiger partial charge in [-0.15, -0.1) is 11.3 Å². The smallest absolute Gasteiger partial charge is 0.282 e. The van der Waals surface area contributed by atoms with E-state index < -0.39 is 0 Å². The molecule has 0 aliphatic carbocycles. The van der Waals surface area contributed by atoms with Crippen molar-refractivity contribution in [1.29, 1.82) is 0 Å². The summed E-state index contributed by atoms with van der Waals surface area (Å²) in [7, 11) is 0. The largest absolute Gasteiger partial charge is 0.336 e. The highest BCUT2D eigenvalue weighted by molar-refractivity contribution is 7.11. The first-order chi connectivity index (χ1) is 8.84. The molecule has 3 rings (SSSR count). The van der Waals surface area contributed by atoms with E-state index in [1.165, 1.54) is 37.3 Å². The van der Waals surface area contributed by atoms with E-state index in [0.717, 1.165) is 25.9 Å². The summed E-state index contributed by atoms with van der Waals surface area (Å²) < 4.78 is 0. The molecule has 0 atom stereocenters. The Labute approximate surface area is 112 Å². The average molecular weight is 265 g/mol. The fourth-order valence-electron chi connectivity index (χ4n) is 3.01. The van der Waals surface area contributed by atoms with Crippen LogP contribution >= 0.6 is 11.3 Å². The predicted octanol–water partition coefficient (Wildman–Crippen LogP) is 1.84. The summed E-state index contributed by atoms with van der Waals surface area (Å²) >= 11 is 1.44. The Morgan fingerprint density at radius 1 is 1.22 bits per heavy atom. The van der Waals surface area contributed by atoms with Crippen LogP contribution in [0.3, 0.4) is 0 Å². The second-order valence-corrected chi connectivity index (χ2v) is 6.00. The number of rotatable bonds is 2. The van der Waals surface area contributed by atoms with Crippen molar-refractivity contribution in [2.24, 2.45) is 0 Å². The van der Waals surface area contributed by atoms with Crippen molar-refractivity contribution < 1.29 is 4.79 Å². The van der Waals surface area contributed by atoms with Gasteiger partial charge >= 0.3 is 0 Å². The highest BCUT2D eigenvalue weighted by Crippen LogP contribution is 2.22. The number of carbonyl (C=O) groups excluding carboxylic acids is 1. The van der Waals surface area contributed by atoms with Crippen molar-refractivity contribution in [2.45, 2.75) is 31.7 Å². The zero-order chi connectivity index (χ0) is 12.4. The fourth-order valence-corrected chi connectivity index (χ4v) is 3.61. The number of nitrogens with zero attached hydrogens (tertiary/aromatic N) is 3. The number of carbonyl (C=O) groups is 1. The first kappa shape index (κ1) is 12.1. The lowest BCUT2D eigenvalue weighted by Crippen LogP contribution is -2.45. The van der Waals surface area contributed by atoms with Gasteiger partial charge in [-0.3, -0.25) is 4.79 Å². The number of hydrogen-bond acceptors (Lipinski definition) is 4. The summed E-state index contributed by atoms with van der Waals surface area (Å²) in [5.41, 5.74) is 0. The molecule has 2 aliphatic heterocycles. The fraction of sp³-hybridized carbons (Fsp3) is 0.692. The Hall–Kier alpha value is -0.940. The highest BCUT2D eigenvalue weighted by Gasteiger charge is 2.29. The summed E-state index contributed by atoms with van der Waals surface area (Å²) in [6, 6.07) is 0.702. The number of amides is 1. The van der Waals surface area contributed by atoms with Crippen LogP contribution in [0.1, 0.15) is 35.5 Å². The minimum Gasteiger partial charge on any atom is -0.336 e. The standard InChI is InChI=1S/C13H19N3OS/c17-13(12-14-5-10-18-12)16-8-3-11(4-9-16)15-6-1-2-7-15/h5,10-11H,1-4,6-9H2. The molecular weight excluding hydrogens is 246 g/mol. The van der Waals surface area contributed by atoms with E-state index in [-0.39, 0.29) is 5.91 Å². The summed E-state index contributed by atoms with van der Waals surface area (Å²) in [5.74, 6) is 0.116. The number of likely N-dealkylation sites (tertiary alicyclic amines) is 2. The van der Waals surface area contributed by atoms with Gasteiger partial charge in [-0.25, -0.2) is 4.98 Å². The molecule has 2 aliphatic rings. The minimum absolute atomic E-state index is 0.116. The molecule has 18 heavy (non-hydrogen) atoms. The Bertz CT molecular complexity index is 392. The molecule has 0 unspecified atom stereocenters. The first-order valence-electron chi connectivity index (χ1n) is 6.77. The molecule has 0 saturated carbocycles. The van der Waals surface area contributed by atoms with E-state index in [1.807, 2.05) is 10.3 Å². The summed E-state index contributed by atoms with van der Waals surface area (Å²) in [5, 5.41) is 2.50. The summed E-state index contributed by atoms with van der Waals surface area (Å²) in [4.78, 5) is 20.8. The maximum absolute atomic E-state index is 12.1. The van der Waals surface area contributed by atoms with Crippen LogP contribution < -0.4 is 0 Å². The third-order valence-corrected chi connectivity index (χ3v) is 4.79. The quantitative estimate of drug-likeness (QED) is 0.819. The molecule has 0 N–H and O–H groups in total. The van der Waals surface area contributed by atoms with E-state index in [2.05, 4.69) is 9.88 Å². The van der Waals surface area contributed by atoms with Crippen LogP contribution in [-0.2, 0) is 0 Å². The van der Waals surface area contributed by atoms with E-state index in [4.69, 9.17) is 0 Å². The third-order valence-electron chi connectivity index (χ3n) is 4.02. The normalized spacial score (nSPS) is 22.6. The van der Waals surface area contributed by atoms with Crippen LogP contribution in [0.5, 0.6) is 0 Å². The topological polar surface area (TPSA) is 36.4 Å². The number of hydrogen-bond donors (Lipinski definition) is 0. The van der Waals surface area contributed by atoms with Gasteiger partial charge in [-0.05, 0) is 38.8 Å². The molecule has 0 aromatic carbocycles. The molecule has 2 saturated heterocycles. The molecule has 1 aromatic heterocycles. The zero-order valence-electron chi connectivity index (χ0n) is 10.5. The van der Waals surface area contributed by atoms with Crippen LogP contribution in [0.25, 0.3) is 0 Å². The van der Waals surface area contributed by atoms with E-state index in [1.54, 1.807) is 6.20 Å². The molecule has 4 nitrogen and oxygen atoms in total. The molecule has 5 heteroatoms. The molecule has 0 spiro atoms. The molecule has 98 valence electrons. The van der Waals surface area contributed by atoms with E-state index in [9.17, 15) is 4.79 Å². The molecule has 1 amide bonds. The van der Waals surface area contributed by atoms with Gasteiger partial charge in [0.15, 0.2) is 5.01 Å². The molecule has 3 heterocycles. The molecule has 0 bridgehead atoms. The van der Waals surface area contributed by atoms with Gasteiger partial charge in [-0.1, -0.05) is 0 Å². The Morgan fingerprint density at radius 3 is 2.56 bits per heavy atom. The Kier molecular flexibility index (Phi) is 3.61. The van der Waals surface area contributed by atoms with Gasteiger partial charge in [0.05, 0.1) is 0 Å². The third kappa shape index (κ3) is 2.42. The Balaban J connectivity index is 1.55. The van der Waals surface area contributed by atoms with Crippen molar-refractivity contribution >= 4 is 17.2 Å². The van der Waals surface area contributed by atoms with Crippen LogP contribution in [0.2, 0.25) is 0 Å². The van der Waals surface area contributed by atoms with Gasteiger partial charge < -0.3 is 9.80 Å². The zero-order valence-corrected chi connectivity index (χ0v) is 11.4. The van der Waals surface area contributed by atoms with Crippen LogP contribution in [0.4, 0.5) is 0 Å². The van der Waals surface area contributed by atoms with E-state index in [0.29, 0.717) is 11.0 Å². The van der Waals surface area contributed by atoms with Gasteiger partial charge in [0, 0.05) is 30.7 Å². The van der Waals surface area contributed by atoms with Crippen molar-refractivity contribution in [2.75, 3.05) is 26.2 Å². The SMILES string of the molecule is O=C(c1nccs1)N1CCC(N2CCCC2)CC1. The van der Waals surface area contributed by atoms with E-state index >= 15 is 0 Å². The lowest BCUT2D eigenvalue weighted by molar-refractivity contribution is 0.0644. The monoisotopic (exact) mass is 265 g/mol. The van der Waals surface area contributed by atoms with Crippen LogP contribution in [0, 0.1) is 0 Å². The summed E-state index contributed by atoms with van der Waals surface area (Å²) in [6.45, 7) is 4.29. The van der Waals surface area contributed by atoms with Crippen molar-refractivity contribution in [1.82, 2.24) is 14.8 Å². The lowest BCUT2D eigenvalue weighted by Gasteiger charge is -2.36. The second-order valence-electron chi connectivity index (χ2n) is 5.10. The maximum Gasteiger partial charge on any atom is 0.282 e. The number of aromatic nitrogens is 1. The Morgan fingerprint density at radius 2 is 1.94 bits per heavy atom. The number of piperidine rings is 1.